The first kappa shape index (κ1) is 19.8. The number of fused-ring (bicyclic) bond motifs is 1. The summed E-state index contributed by atoms with van der Waals surface area (Å²) in [5.41, 5.74) is 3.40. The van der Waals surface area contributed by atoms with E-state index in [0.29, 0.717) is 16.4 Å². The van der Waals surface area contributed by atoms with Gasteiger partial charge < -0.3 is 9.32 Å². The van der Waals surface area contributed by atoms with Crippen LogP contribution in [0.4, 0.5) is 18.9 Å². The minimum Gasteiger partial charge on any atom is -0.456 e. The minimum atomic E-state index is -4.35. The maximum Gasteiger partial charge on any atom is 0.416 e. The molecule has 0 spiro atoms. The van der Waals surface area contributed by atoms with E-state index in [1.807, 2.05) is 73.6 Å². The summed E-state index contributed by atoms with van der Waals surface area (Å²) in [6.45, 7) is 0. The Bertz CT molecular complexity index is 1280. The first-order valence-electron chi connectivity index (χ1n) is 9.47. The standard InChI is InChI=1S/C25H20F3NO/c1-29(2)20-13-9-18(10-14-20)16-24-22-6-4-3-5-21(22)23(30-24)15-17-7-11-19(12-8-17)25(26,27)28/h3-16H,1-2H3/b23-15+,24-16+. The molecule has 30 heavy (non-hydrogen) atoms. The average molecular weight is 407 g/mol. The molecule has 1 heterocycles. The molecule has 1 aromatic heterocycles. The fourth-order valence-corrected chi connectivity index (χ4v) is 3.30. The van der Waals surface area contributed by atoms with E-state index in [1.165, 1.54) is 12.1 Å². The van der Waals surface area contributed by atoms with Gasteiger partial charge in [-0.1, -0.05) is 48.5 Å². The lowest BCUT2D eigenvalue weighted by atomic mass is 10.1. The Labute approximate surface area is 172 Å². The summed E-state index contributed by atoms with van der Waals surface area (Å²) in [5, 5.41) is 1.86. The van der Waals surface area contributed by atoms with Crippen molar-refractivity contribution in [3.8, 4) is 0 Å². The molecule has 152 valence electrons. The van der Waals surface area contributed by atoms with Crippen LogP contribution < -0.4 is 15.7 Å². The molecule has 0 radical (unpaired) electrons. The third kappa shape index (κ3) is 4.10. The second-order valence-electron chi connectivity index (χ2n) is 7.27. The predicted molar refractivity (Wildman–Crippen MR) is 115 cm³/mol. The highest BCUT2D eigenvalue weighted by molar-refractivity contribution is 5.84. The van der Waals surface area contributed by atoms with E-state index < -0.39 is 11.7 Å². The van der Waals surface area contributed by atoms with E-state index in [2.05, 4.69) is 0 Å². The van der Waals surface area contributed by atoms with Crippen LogP contribution in [0.3, 0.4) is 0 Å². The Morgan fingerprint density at radius 2 is 1.17 bits per heavy atom. The van der Waals surface area contributed by atoms with E-state index in [1.54, 1.807) is 6.08 Å². The fourth-order valence-electron chi connectivity index (χ4n) is 3.30. The summed E-state index contributed by atoms with van der Waals surface area (Å²) >= 11 is 0. The van der Waals surface area contributed by atoms with Crippen molar-refractivity contribution in [2.24, 2.45) is 0 Å². The van der Waals surface area contributed by atoms with Crippen LogP contribution in [0.2, 0.25) is 0 Å². The number of benzene rings is 3. The van der Waals surface area contributed by atoms with Gasteiger partial charge in [-0.05, 0) is 47.5 Å². The van der Waals surface area contributed by atoms with Gasteiger partial charge in [0, 0.05) is 30.6 Å². The van der Waals surface area contributed by atoms with Crippen LogP contribution in [0.1, 0.15) is 16.7 Å². The zero-order valence-electron chi connectivity index (χ0n) is 16.6. The summed E-state index contributed by atoms with van der Waals surface area (Å²) in [6, 6.07) is 20.9. The molecule has 0 amide bonds. The van der Waals surface area contributed by atoms with E-state index in [4.69, 9.17) is 4.42 Å². The molecule has 0 aliphatic rings. The Morgan fingerprint density at radius 1 is 0.700 bits per heavy atom. The molecule has 4 rings (SSSR count). The molecule has 3 aromatic carbocycles. The van der Waals surface area contributed by atoms with Gasteiger partial charge in [-0.3, -0.25) is 0 Å². The highest BCUT2D eigenvalue weighted by Gasteiger charge is 2.29. The Kier molecular flexibility index (Phi) is 5.12. The molecule has 0 bridgehead atoms. The summed E-state index contributed by atoms with van der Waals surface area (Å²) in [7, 11) is 3.98. The zero-order chi connectivity index (χ0) is 21.3. The van der Waals surface area contributed by atoms with Gasteiger partial charge >= 0.3 is 6.18 Å². The molecule has 0 saturated carbocycles. The first-order chi connectivity index (χ1) is 14.3. The lowest BCUT2D eigenvalue weighted by molar-refractivity contribution is -0.137. The van der Waals surface area contributed by atoms with Crippen molar-refractivity contribution in [1.82, 2.24) is 0 Å². The Balaban J connectivity index is 1.80. The zero-order valence-corrected chi connectivity index (χ0v) is 16.6. The second kappa shape index (κ2) is 7.75. The smallest absolute Gasteiger partial charge is 0.416 e. The molecule has 5 heteroatoms. The van der Waals surface area contributed by atoms with Crippen LogP contribution in [0.5, 0.6) is 0 Å². The largest absolute Gasteiger partial charge is 0.456 e. The van der Waals surface area contributed by atoms with Gasteiger partial charge in [-0.25, -0.2) is 0 Å². The van der Waals surface area contributed by atoms with E-state index in [0.717, 1.165) is 34.2 Å². The summed E-state index contributed by atoms with van der Waals surface area (Å²) in [4.78, 5) is 2.03. The van der Waals surface area contributed by atoms with Crippen molar-refractivity contribution >= 4 is 28.6 Å². The fraction of sp³-hybridized carbons (Fsp3) is 0.120. The summed E-state index contributed by atoms with van der Waals surface area (Å²) < 4.78 is 44.5. The molecule has 0 N–H and O–H groups in total. The van der Waals surface area contributed by atoms with E-state index in [-0.39, 0.29) is 0 Å². The van der Waals surface area contributed by atoms with Crippen molar-refractivity contribution in [2.75, 3.05) is 19.0 Å². The maximum absolute atomic E-state index is 12.8. The molecule has 2 nitrogen and oxygen atoms in total. The predicted octanol–water partition coefficient (Wildman–Crippen LogP) is 5.18. The molecule has 0 unspecified atom stereocenters. The lowest BCUT2D eigenvalue weighted by Crippen LogP contribution is -2.08. The van der Waals surface area contributed by atoms with Crippen molar-refractivity contribution in [1.29, 1.82) is 0 Å². The monoisotopic (exact) mass is 407 g/mol. The van der Waals surface area contributed by atoms with Gasteiger partial charge in [0.05, 0.1) is 5.56 Å². The van der Waals surface area contributed by atoms with Crippen molar-refractivity contribution in [2.45, 2.75) is 6.18 Å². The third-order valence-electron chi connectivity index (χ3n) is 4.92. The number of furan rings is 1. The highest BCUT2D eigenvalue weighted by Crippen LogP contribution is 2.29. The van der Waals surface area contributed by atoms with Crippen molar-refractivity contribution in [3.05, 3.63) is 100 Å². The quantitative estimate of drug-likeness (QED) is 0.466. The first-order valence-corrected chi connectivity index (χ1v) is 9.47. The average Bonchev–Trinajstić information content (AvgIpc) is 3.05. The number of halogens is 3. The minimum absolute atomic E-state index is 0.613. The van der Waals surface area contributed by atoms with Crippen LogP contribution in [-0.4, -0.2) is 14.1 Å². The van der Waals surface area contributed by atoms with Gasteiger partial charge in [0.15, 0.2) is 0 Å². The topological polar surface area (TPSA) is 16.4 Å². The molecular weight excluding hydrogens is 387 g/mol. The highest BCUT2D eigenvalue weighted by atomic mass is 19.4. The number of anilines is 1. The molecule has 0 atom stereocenters. The molecule has 4 aromatic rings. The van der Waals surface area contributed by atoms with Gasteiger partial charge in [0.2, 0.25) is 0 Å². The Morgan fingerprint density at radius 3 is 1.60 bits per heavy atom. The van der Waals surface area contributed by atoms with Crippen LogP contribution in [0.15, 0.2) is 77.2 Å². The SMILES string of the molecule is CN(C)c1ccc(/C=c2/o/c(=C/c3ccc(C(F)(F)F)cc3)c3ccccc23)cc1. The summed E-state index contributed by atoms with van der Waals surface area (Å²) in [5.74, 6) is 0. The molecule has 0 saturated heterocycles. The molecule has 0 aliphatic carbocycles. The van der Waals surface area contributed by atoms with Crippen molar-refractivity contribution in [3.63, 3.8) is 0 Å². The van der Waals surface area contributed by atoms with Gasteiger partial charge in [0.1, 0.15) is 10.8 Å². The number of rotatable bonds is 3. The normalized spacial score (nSPS) is 13.2. The van der Waals surface area contributed by atoms with Crippen LogP contribution in [-0.2, 0) is 6.18 Å². The van der Waals surface area contributed by atoms with Gasteiger partial charge in [-0.2, -0.15) is 13.2 Å². The third-order valence-corrected chi connectivity index (χ3v) is 4.92. The number of nitrogens with zero attached hydrogens (tertiary/aromatic N) is 1. The number of hydrogen-bond donors (Lipinski definition) is 0. The van der Waals surface area contributed by atoms with E-state index in [9.17, 15) is 13.2 Å². The van der Waals surface area contributed by atoms with Crippen molar-refractivity contribution < 1.29 is 17.6 Å². The van der Waals surface area contributed by atoms with Crippen LogP contribution in [0.25, 0.3) is 22.9 Å². The van der Waals surface area contributed by atoms with Crippen LogP contribution >= 0.6 is 0 Å². The number of hydrogen-bond acceptors (Lipinski definition) is 2. The maximum atomic E-state index is 12.8. The number of alkyl halides is 3. The summed E-state index contributed by atoms with van der Waals surface area (Å²) in [6.07, 6.45) is -0.624. The second-order valence-corrected chi connectivity index (χ2v) is 7.27. The van der Waals surface area contributed by atoms with Crippen LogP contribution in [0, 0.1) is 0 Å². The molecule has 0 fully saturated rings. The molecular formula is C25H20F3NO. The lowest BCUT2D eigenvalue weighted by Gasteiger charge is -2.11. The van der Waals surface area contributed by atoms with Gasteiger partial charge in [-0.15, -0.1) is 0 Å². The Hall–Kier alpha value is -3.47. The van der Waals surface area contributed by atoms with E-state index >= 15 is 0 Å². The molecule has 0 aliphatic heterocycles. The van der Waals surface area contributed by atoms with Gasteiger partial charge in [0.25, 0.3) is 0 Å².